The molecule has 0 amide bonds. The Morgan fingerprint density at radius 1 is 0.931 bits per heavy atom. The third-order valence-electron chi connectivity index (χ3n) is 5.91. The fourth-order valence-corrected chi connectivity index (χ4v) is 5.72. The molecule has 0 spiro atoms. The molecule has 0 N–H and O–H groups in total. The first kappa shape index (κ1) is 20.2. The molecule has 0 aliphatic carbocycles. The second-order valence-corrected chi connectivity index (χ2v) is 9.93. The van der Waals surface area contributed by atoms with E-state index < -0.39 is 10.0 Å². The van der Waals surface area contributed by atoms with Crippen LogP contribution in [0, 0.1) is 0 Å². The number of sulfonamides is 1. The molecular formula is C22H30N4O2S. The van der Waals surface area contributed by atoms with Gasteiger partial charge in [0, 0.05) is 51.7 Å². The minimum absolute atomic E-state index is 0.283. The number of pyridine rings is 1. The van der Waals surface area contributed by atoms with Crippen molar-refractivity contribution in [1.82, 2.24) is 9.29 Å². The van der Waals surface area contributed by atoms with Crippen LogP contribution in [0.3, 0.4) is 0 Å². The molecule has 7 heteroatoms. The summed E-state index contributed by atoms with van der Waals surface area (Å²) in [5.41, 5.74) is 2.57. The number of aromatic nitrogens is 1. The summed E-state index contributed by atoms with van der Waals surface area (Å²) < 4.78 is 26.9. The zero-order valence-electron chi connectivity index (χ0n) is 17.1. The van der Waals surface area contributed by atoms with Gasteiger partial charge >= 0.3 is 0 Å². The van der Waals surface area contributed by atoms with Crippen LogP contribution in [0.25, 0.3) is 0 Å². The number of hydrogen-bond acceptors (Lipinski definition) is 5. The van der Waals surface area contributed by atoms with E-state index in [0.717, 1.165) is 38.3 Å². The Balaban J connectivity index is 1.49. The van der Waals surface area contributed by atoms with E-state index in [-0.39, 0.29) is 4.90 Å². The summed E-state index contributed by atoms with van der Waals surface area (Å²) in [7, 11) is -1.41. The normalized spacial score (nSPS) is 18.2. The van der Waals surface area contributed by atoms with Gasteiger partial charge in [-0.1, -0.05) is 18.2 Å². The molecule has 156 valence electrons. The van der Waals surface area contributed by atoms with Crippen LogP contribution < -0.4 is 9.80 Å². The first-order valence-corrected chi connectivity index (χ1v) is 12.0. The summed E-state index contributed by atoms with van der Waals surface area (Å²) in [6.07, 6.45) is 7.18. The number of hydrogen-bond donors (Lipinski definition) is 0. The van der Waals surface area contributed by atoms with Crippen LogP contribution >= 0.6 is 0 Å². The highest BCUT2D eigenvalue weighted by Gasteiger charge is 2.27. The van der Waals surface area contributed by atoms with E-state index in [1.54, 1.807) is 10.4 Å². The predicted molar refractivity (Wildman–Crippen MR) is 117 cm³/mol. The maximum absolute atomic E-state index is 12.7. The molecule has 2 fully saturated rings. The standard InChI is InChI=1S/C22H30N4O2S/c1-24(18-19-9-3-4-10-21(19)25-13-5-2-6-14-25)22-12-11-20(17-23-22)29(27,28)26-15-7-8-16-26/h3-4,9-12,17H,2,5-8,13-16,18H2,1H3. The van der Waals surface area contributed by atoms with Gasteiger partial charge in [-0.25, -0.2) is 13.4 Å². The first-order chi connectivity index (χ1) is 14.1. The fourth-order valence-electron chi connectivity index (χ4n) is 4.25. The average molecular weight is 415 g/mol. The lowest BCUT2D eigenvalue weighted by molar-refractivity contribution is 0.477. The first-order valence-electron chi connectivity index (χ1n) is 10.6. The van der Waals surface area contributed by atoms with Gasteiger partial charge in [-0.15, -0.1) is 0 Å². The molecule has 3 heterocycles. The Morgan fingerprint density at radius 3 is 2.31 bits per heavy atom. The van der Waals surface area contributed by atoms with Gasteiger partial charge in [0.05, 0.1) is 0 Å². The Labute approximate surface area is 174 Å². The van der Waals surface area contributed by atoms with E-state index in [2.05, 4.69) is 39.0 Å². The van der Waals surface area contributed by atoms with Crippen molar-refractivity contribution in [3.05, 3.63) is 48.2 Å². The number of rotatable bonds is 6. The van der Waals surface area contributed by atoms with Crippen LogP contribution in [-0.4, -0.2) is 50.9 Å². The Kier molecular flexibility index (Phi) is 6.06. The predicted octanol–water partition coefficient (Wildman–Crippen LogP) is 3.49. The van der Waals surface area contributed by atoms with Crippen LogP contribution in [0.2, 0.25) is 0 Å². The summed E-state index contributed by atoms with van der Waals surface area (Å²) in [5, 5.41) is 0. The van der Waals surface area contributed by atoms with Crippen molar-refractivity contribution in [1.29, 1.82) is 0 Å². The molecule has 1 aromatic heterocycles. The summed E-state index contributed by atoms with van der Waals surface area (Å²) in [6.45, 7) is 4.18. The molecule has 0 radical (unpaired) electrons. The molecule has 4 rings (SSSR count). The van der Waals surface area contributed by atoms with E-state index in [1.165, 1.54) is 36.7 Å². The molecule has 0 atom stereocenters. The molecule has 2 aromatic rings. The Hall–Kier alpha value is -2.12. The molecule has 2 aliphatic rings. The summed E-state index contributed by atoms with van der Waals surface area (Å²) in [5.74, 6) is 0.777. The molecule has 2 saturated heterocycles. The van der Waals surface area contributed by atoms with Crippen LogP contribution in [0.5, 0.6) is 0 Å². The second kappa shape index (κ2) is 8.71. The van der Waals surface area contributed by atoms with Crippen molar-refractivity contribution in [2.75, 3.05) is 43.0 Å². The van der Waals surface area contributed by atoms with Crippen LogP contribution in [0.15, 0.2) is 47.5 Å². The smallest absolute Gasteiger partial charge is 0.244 e. The van der Waals surface area contributed by atoms with Crippen LogP contribution in [-0.2, 0) is 16.6 Å². The molecule has 0 unspecified atom stereocenters. The quantitative estimate of drug-likeness (QED) is 0.724. The largest absolute Gasteiger partial charge is 0.371 e. The Morgan fingerprint density at radius 2 is 1.62 bits per heavy atom. The van der Waals surface area contributed by atoms with Crippen molar-refractivity contribution in [3.8, 4) is 0 Å². The van der Waals surface area contributed by atoms with Crippen LogP contribution in [0.1, 0.15) is 37.7 Å². The van der Waals surface area contributed by atoms with E-state index >= 15 is 0 Å². The number of nitrogens with zero attached hydrogens (tertiary/aromatic N) is 4. The minimum atomic E-state index is -3.42. The Bertz CT molecular complexity index is 918. The highest BCUT2D eigenvalue weighted by atomic mass is 32.2. The van der Waals surface area contributed by atoms with Crippen molar-refractivity contribution in [2.24, 2.45) is 0 Å². The van der Waals surface area contributed by atoms with Crippen LogP contribution in [0.4, 0.5) is 11.5 Å². The third-order valence-corrected chi connectivity index (χ3v) is 7.79. The van der Waals surface area contributed by atoms with Gasteiger partial charge in [-0.2, -0.15) is 4.31 Å². The number of benzene rings is 1. The zero-order chi connectivity index (χ0) is 20.3. The van der Waals surface area contributed by atoms with E-state index in [9.17, 15) is 8.42 Å². The topological polar surface area (TPSA) is 56.8 Å². The average Bonchev–Trinajstić information content (AvgIpc) is 3.31. The third kappa shape index (κ3) is 4.41. The maximum atomic E-state index is 12.7. The zero-order valence-corrected chi connectivity index (χ0v) is 17.9. The SMILES string of the molecule is CN(Cc1ccccc1N1CCCCC1)c1ccc(S(=O)(=O)N2CCCC2)cn1. The van der Waals surface area contributed by atoms with Crippen molar-refractivity contribution in [2.45, 2.75) is 43.5 Å². The summed E-state index contributed by atoms with van der Waals surface area (Å²) >= 11 is 0. The highest BCUT2D eigenvalue weighted by molar-refractivity contribution is 7.89. The van der Waals surface area contributed by atoms with E-state index in [4.69, 9.17) is 0 Å². The number of piperidine rings is 1. The summed E-state index contributed by atoms with van der Waals surface area (Å²) in [6, 6.07) is 12.1. The summed E-state index contributed by atoms with van der Waals surface area (Å²) in [4.78, 5) is 9.30. The van der Waals surface area contributed by atoms with Gasteiger partial charge < -0.3 is 9.80 Å². The maximum Gasteiger partial charge on any atom is 0.244 e. The van der Waals surface area contributed by atoms with Gasteiger partial charge in [0.1, 0.15) is 10.7 Å². The monoisotopic (exact) mass is 414 g/mol. The van der Waals surface area contributed by atoms with Gasteiger partial charge in [0.15, 0.2) is 0 Å². The minimum Gasteiger partial charge on any atom is -0.371 e. The molecule has 0 saturated carbocycles. The molecule has 29 heavy (non-hydrogen) atoms. The number of anilines is 2. The van der Waals surface area contributed by atoms with Gasteiger partial charge in [0.2, 0.25) is 10.0 Å². The lowest BCUT2D eigenvalue weighted by atomic mass is 10.1. The second-order valence-electron chi connectivity index (χ2n) is 8.00. The van der Waals surface area contributed by atoms with E-state index in [1.807, 2.05) is 13.1 Å². The van der Waals surface area contributed by atoms with Crippen molar-refractivity contribution in [3.63, 3.8) is 0 Å². The van der Waals surface area contributed by atoms with E-state index in [0.29, 0.717) is 13.1 Å². The lowest BCUT2D eigenvalue weighted by Gasteiger charge is -2.31. The van der Waals surface area contributed by atoms with Gasteiger partial charge in [0.25, 0.3) is 0 Å². The lowest BCUT2D eigenvalue weighted by Crippen LogP contribution is -2.31. The molecule has 6 nitrogen and oxygen atoms in total. The molecular weight excluding hydrogens is 384 g/mol. The van der Waals surface area contributed by atoms with Gasteiger partial charge in [-0.05, 0) is 55.9 Å². The number of para-hydroxylation sites is 1. The fraction of sp³-hybridized carbons (Fsp3) is 0.500. The molecule has 0 bridgehead atoms. The van der Waals surface area contributed by atoms with Crippen molar-refractivity contribution < 1.29 is 8.42 Å². The van der Waals surface area contributed by atoms with Crippen molar-refractivity contribution >= 4 is 21.5 Å². The molecule has 1 aromatic carbocycles. The highest BCUT2D eigenvalue weighted by Crippen LogP contribution is 2.27. The van der Waals surface area contributed by atoms with Gasteiger partial charge in [-0.3, -0.25) is 0 Å². The molecule has 2 aliphatic heterocycles.